The van der Waals surface area contributed by atoms with Crippen LogP contribution in [0, 0.1) is 6.92 Å². The lowest BCUT2D eigenvalue weighted by Crippen LogP contribution is -2.28. The number of nitrogens with zero attached hydrogens (tertiary/aromatic N) is 1. The topological polar surface area (TPSA) is 15.3 Å². The average molecular weight is 333 g/mol. The van der Waals surface area contributed by atoms with Crippen LogP contribution in [0.15, 0.2) is 53.0 Å². The summed E-state index contributed by atoms with van der Waals surface area (Å²) in [5.41, 5.74) is 3.76. The van der Waals surface area contributed by atoms with E-state index in [2.05, 4.69) is 88.5 Å². The number of likely N-dealkylation sites (N-methyl/N-ethyl adjacent to an activating group) is 1. The second-order valence-electron chi connectivity index (χ2n) is 4.85. The van der Waals surface area contributed by atoms with Crippen LogP contribution in [0.3, 0.4) is 0 Å². The fraction of sp³-hybridized carbons (Fsp3) is 0.294. The Hall–Kier alpha value is -1.48. The van der Waals surface area contributed by atoms with E-state index in [9.17, 15) is 0 Å². The van der Waals surface area contributed by atoms with Crippen molar-refractivity contribution in [3.63, 3.8) is 0 Å². The van der Waals surface area contributed by atoms with Gasteiger partial charge in [-0.1, -0.05) is 28.1 Å². The molecule has 0 aliphatic heterocycles. The van der Waals surface area contributed by atoms with Gasteiger partial charge in [0, 0.05) is 35.5 Å². The monoisotopic (exact) mass is 332 g/mol. The van der Waals surface area contributed by atoms with Gasteiger partial charge in [0.1, 0.15) is 0 Å². The molecule has 0 radical (unpaired) electrons. The van der Waals surface area contributed by atoms with E-state index in [-0.39, 0.29) is 0 Å². The first-order valence-corrected chi connectivity index (χ1v) is 7.79. The third kappa shape index (κ3) is 4.27. The molecule has 0 amide bonds. The molecule has 0 aromatic heterocycles. The van der Waals surface area contributed by atoms with Gasteiger partial charge in [-0.15, -0.1) is 0 Å². The first-order chi connectivity index (χ1) is 9.69. The molecule has 0 fully saturated rings. The molecule has 0 atom stereocenters. The van der Waals surface area contributed by atoms with E-state index < -0.39 is 0 Å². The predicted molar refractivity (Wildman–Crippen MR) is 91.7 cm³/mol. The van der Waals surface area contributed by atoms with Crippen LogP contribution in [-0.4, -0.2) is 19.6 Å². The average Bonchev–Trinajstić information content (AvgIpc) is 2.45. The molecular weight excluding hydrogens is 312 g/mol. The molecule has 20 heavy (non-hydrogen) atoms. The summed E-state index contributed by atoms with van der Waals surface area (Å²) >= 11 is 3.45. The largest absolute Gasteiger partial charge is 0.383 e. The molecule has 0 saturated heterocycles. The van der Waals surface area contributed by atoms with Crippen molar-refractivity contribution in [2.45, 2.75) is 13.8 Å². The normalized spacial score (nSPS) is 10.3. The highest BCUT2D eigenvalue weighted by molar-refractivity contribution is 9.10. The van der Waals surface area contributed by atoms with Crippen molar-refractivity contribution < 1.29 is 0 Å². The highest BCUT2D eigenvalue weighted by Crippen LogP contribution is 2.16. The first kappa shape index (κ1) is 14.9. The number of rotatable bonds is 6. The van der Waals surface area contributed by atoms with E-state index in [1.54, 1.807) is 0 Å². The quantitative estimate of drug-likeness (QED) is 0.825. The van der Waals surface area contributed by atoms with Gasteiger partial charge in [-0.25, -0.2) is 0 Å². The van der Waals surface area contributed by atoms with Crippen LogP contribution < -0.4 is 10.2 Å². The number of nitrogens with one attached hydrogen (secondary N) is 1. The van der Waals surface area contributed by atoms with E-state index >= 15 is 0 Å². The maximum atomic E-state index is 3.46. The summed E-state index contributed by atoms with van der Waals surface area (Å²) in [5, 5.41) is 3.46. The maximum Gasteiger partial charge on any atom is 0.0369 e. The third-order valence-electron chi connectivity index (χ3n) is 3.30. The predicted octanol–water partition coefficient (Wildman–Crippen LogP) is 4.70. The van der Waals surface area contributed by atoms with Crippen molar-refractivity contribution in [3.05, 3.63) is 58.6 Å². The summed E-state index contributed by atoms with van der Waals surface area (Å²) in [6.07, 6.45) is 0. The second kappa shape index (κ2) is 7.34. The summed E-state index contributed by atoms with van der Waals surface area (Å²) in [5.74, 6) is 0. The summed E-state index contributed by atoms with van der Waals surface area (Å²) in [7, 11) is 0. The van der Waals surface area contributed by atoms with Gasteiger partial charge in [0.15, 0.2) is 0 Å². The molecule has 0 unspecified atom stereocenters. The Morgan fingerprint density at radius 2 is 1.85 bits per heavy atom. The Labute approximate surface area is 129 Å². The highest BCUT2D eigenvalue weighted by Gasteiger charge is 2.03. The van der Waals surface area contributed by atoms with Crippen LogP contribution in [0.4, 0.5) is 11.4 Å². The number of halogens is 1. The number of hydrogen-bond acceptors (Lipinski definition) is 2. The fourth-order valence-electron chi connectivity index (χ4n) is 2.20. The molecular formula is C17H21BrN2. The molecule has 0 aliphatic carbocycles. The number of benzene rings is 2. The third-order valence-corrected chi connectivity index (χ3v) is 3.83. The van der Waals surface area contributed by atoms with Crippen molar-refractivity contribution in [2.75, 3.05) is 29.9 Å². The van der Waals surface area contributed by atoms with Crippen LogP contribution in [0.25, 0.3) is 0 Å². The van der Waals surface area contributed by atoms with Crippen molar-refractivity contribution >= 4 is 27.3 Å². The van der Waals surface area contributed by atoms with Crippen molar-refractivity contribution in [1.82, 2.24) is 0 Å². The van der Waals surface area contributed by atoms with Gasteiger partial charge in [-0.05, 0) is 55.8 Å². The molecule has 2 nitrogen and oxygen atoms in total. The second-order valence-corrected chi connectivity index (χ2v) is 5.77. The van der Waals surface area contributed by atoms with E-state index in [1.807, 2.05) is 0 Å². The summed E-state index contributed by atoms with van der Waals surface area (Å²) in [4.78, 5) is 2.39. The lowest BCUT2D eigenvalue weighted by molar-refractivity contribution is 0.835. The van der Waals surface area contributed by atoms with Gasteiger partial charge in [-0.2, -0.15) is 0 Å². The minimum Gasteiger partial charge on any atom is -0.383 e. The van der Waals surface area contributed by atoms with Gasteiger partial charge in [0.2, 0.25) is 0 Å². The molecule has 1 N–H and O–H groups in total. The van der Waals surface area contributed by atoms with Crippen molar-refractivity contribution in [3.8, 4) is 0 Å². The molecule has 0 aliphatic rings. The Balaban J connectivity index is 1.89. The van der Waals surface area contributed by atoms with Gasteiger partial charge in [-0.3, -0.25) is 0 Å². The zero-order chi connectivity index (χ0) is 14.4. The SMILES string of the molecule is CCN(CCNc1ccc(Br)cc1)c1cccc(C)c1. The number of aryl methyl sites for hydroxylation is 1. The minimum atomic E-state index is 0.934. The van der Waals surface area contributed by atoms with Crippen LogP contribution in [-0.2, 0) is 0 Å². The van der Waals surface area contributed by atoms with E-state index in [0.29, 0.717) is 0 Å². The van der Waals surface area contributed by atoms with Crippen LogP contribution in [0.5, 0.6) is 0 Å². The van der Waals surface area contributed by atoms with Gasteiger partial charge in [0.05, 0.1) is 0 Å². The Morgan fingerprint density at radius 1 is 1.10 bits per heavy atom. The number of hydrogen-bond donors (Lipinski definition) is 1. The van der Waals surface area contributed by atoms with E-state index in [4.69, 9.17) is 0 Å². The summed E-state index contributed by atoms with van der Waals surface area (Å²) < 4.78 is 1.11. The highest BCUT2D eigenvalue weighted by atomic mass is 79.9. The Morgan fingerprint density at radius 3 is 2.50 bits per heavy atom. The molecule has 3 heteroatoms. The molecule has 0 saturated carbocycles. The molecule has 106 valence electrons. The molecule has 0 spiro atoms. The van der Waals surface area contributed by atoms with Crippen LogP contribution in [0.2, 0.25) is 0 Å². The van der Waals surface area contributed by atoms with Crippen LogP contribution >= 0.6 is 15.9 Å². The lowest BCUT2D eigenvalue weighted by Gasteiger charge is -2.24. The van der Waals surface area contributed by atoms with Gasteiger partial charge in [0.25, 0.3) is 0 Å². The lowest BCUT2D eigenvalue weighted by atomic mass is 10.2. The van der Waals surface area contributed by atoms with Gasteiger partial charge >= 0.3 is 0 Å². The van der Waals surface area contributed by atoms with E-state index in [1.165, 1.54) is 11.3 Å². The summed E-state index contributed by atoms with van der Waals surface area (Å²) in [6, 6.07) is 17.0. The Kier molecular flexibility index (Phi) is 5.48. The Bertz CT molecular complexity index is 537. The van der Waals surface area contributed by atoms with Crippen molar-refractivity contribution in [2.24, 2.45) is 0 Å². The summed E-state index contributed by atoms with van der Waals surface area (Å²) in [6.45, 7) is 7.28. The fourth-order valence-corrected chi connectivity index (χ4v) is 2.46. The smallest absolute Gasteiger partial charge is 0.0369 e. The van der Waals surface area contributed by atoms with Crippen LogP contribution in [0.1, 0.15) is 12.5 Å². The molecule has 2 aromatic rings. The maximum absolute atomic E-state index is 3.46. The molecule has 2 aromatic carbocycles. The molecule has 0 bridgehead atoms. The minimum absolute atomic E-state index is 0.934. The molecule has 2 rings (SSSR count). The number of anilines is 2. The zero-order valence-corrected chi connectivity index (χ0v) is 13.7. The van der Waals surface area contributed by atoms with E-state index in [0.717, 1.165) is 29.8 Å². The van der Waals surface area contributed by atoms with Crippen molar-refractivity contribution in [1.29, 1.82) is 0 Å². The first-order valence-electron chi connectivity index (χ1n) is 7.00. The molecule has 0 heterocycles. The standard InChI is InChI=1S/C17H21BrN2/c1-3-20(17-6-4-5-14(2)13-17)12-11-19-16-9-7-15(18)8-10-16/h4-10,13,19H,3,11-12H2,1-2H3. The van der Waals surface area contributed by atoms with Gasteiger partial charge < -0.3 is 10.2 Å². The zero-order valence-electron chi connectivity index (χ0n) is 12.1.